The monoisotopic (exact) mass is 261 g/mol. The maximum absolute atomic E-state index is 13.8. The molecule has 0 spiro atoms. The zero-order valence-electron chi connectivity index (χ0n) is 11.2. The van der Waals surface area contributed by atoms with Gasteiger partial charge in [-0.2, -0.15) is 0 Å². The number of hydrogen-bond acceptors (Lipinski definition) is 4. The summed E-state index contributed by atoms with van der Waals surface area (Å²) in [4.78, 5) is 0. The van der Waals surface area contributed by atoms with E-state index in [9.17, 15) is 4.39 Å². The Kier molecular flexibility index (Phi) is 3.94. The first-order valence-electron chi connectivity index (χ1n) is 6.10. The zero-order valence-corrected chi connectivity index (χ0v) is 11.2. The van der Waals surface area contributed by atoms with Crippen molar-refractivity contribution < 1.29 is 9.13 Å². The molecular weight excluding hydrogens is 245 g/mol. The third-order valence-corrected chi connectivity index (χ3v) is 2.75. The third-order valence-electron chi connectivity index (χ3n) is 2.75. The fraction of sp³-hybridized carbons (Fsp3) is 0.286. The molecule has 5 heteroatoms. The molecule has 1 aromatic heterocycles. The number of aromatic nitrogens is 2. The molecule has 0 saturated carbocycles. The molecule has 0 unspecified atom stereocenters. The van der Waals surface area contributed by atoms with Crippen molar-refractivity contribution in [1.82, 2.24) is 10.2 Å². The van der Waals surface area contributed by atoms with Crippen LogP contribution in [0.4, 0.5) is 10.2 Å². The largest absolute Gasteiger partial charge is 0.491 e. The fourth-order valence-electron chi connectivity index (χ4n) is 1.81. The molecule has 0 bridgehead atoms. The lowest BCUT2D eigenvalue weighted by atomic mass is 10.1. The molecule has 19 heavy (non-hydrogen) atoms. The number of anilines is 1. The van der Waals surface area contributed by atoms with Crippen LogP contribution >= 0.6 is 0 Å². The zero-order chi connectivity index (χ0) is 13.8. The summed E-state index contributed by atoms with van der Waals surface area (Å²) in [5.74, 6) is 0.578. The van der Waals surface area contributed by atoms with E-state index in [0.717, 1.165) is 11.4 Å². The van der Waals surface area contributed by atoms with Gasteiger partial charge in [0.1, 0.15) is 0 Å². The number of aryl methyl sites for hydroxylation is 1. The highest BCUT2D eigenvalue weighted by Crippen LogP contribution is 2.25. The van der Waals surface area contributed by atoms with Gasteiger partial charge in [0.15, 0.2) is 17.4 Å². The number of hydrogen-bond donors (Lipinski definition) is 1. The Bertz CT molecular complexity index is 587. The van der Waals surface area contributed by atoms with E-state index in [1.54, 1.807) is 19.2 Å². The van der Waals surface area contributed by atoms with E-state index in [1.165, 1.54) is 6.07 Å². The summed E-state index contributed by atoms with van der Waals surface area (Å²) in [6.07, 6.45) is 0. The molecule has 0 aliphatic carbocycles. The highest BCUT2D eigenvalue weighted by atomic mass is 19.1. The van der Waals surface area contributed by atoms with Crippen LogP contribution < -0.4 is 10.1 Å². The minimum atomic E-state index is -0.392. The van der Waals surface area contributed by atoms with Gasteiger partial charge >= 0.3 is 0 Å². The first kappa shape index (κ1) is 13.3. The molecule has 0 radical (unpaired) electrons. The summed E-state index contributed by atoms with van der Waals surface area (Å²) in [6, 6.07) is 6.66. The van der Waals surface area contributed by atoms with Crippen LogP contribution in [0.2, 0.25) is 0 Å². The van der Waals surface area contributed by atoms with Crippen LogP contribution in [-0.4, -0.2) is 23.9 Å². The number of halogens is 1. The average molecular weight is 261 g/mol. The molecule has 100 valence electrons. The van der Waals surface area contributed by atoms with Crippen molar-refractivity contribution in [2.75, 3.05) is 19.0 Å². The highest BCUT2D eigenvalue weighted by Gasteiger charge is 2.08. The van der Waals surface area contributed by atoms with E-state index < -0.39 is 5.82 Å². The van der Waals surface area contributed by atoms with Gasteiger partial charge in [0, 0.05) is 12.6 Å². The lowest BCUT2D eigenvalue weighted by Gasteiger charge is -2.08. The second-order valence-electron chi connectivity index (χ2n) is 4.09. The number of nitrogens with zero attached hydrogens (tertiary/aromatic N) is 2. The molecule has 1 heterocycles. The van der Waals surface area contributed by atoms with Crippen LogP contribution in [0.15, 0.2) is 24.3 Å². The van der Waals surface area contributed by atoms with Crippen molar-refractivity contribution in [3.05, 3.63) is 35.6 Å². The molecule has 1 N–H and O–H groups in total. The van der Waals surface area contributed by atoms with Crippen molar-refractivity contribution in [2.24, 2.45) is 0 Å². The average Bonchev–Trinajstić information content (AvgIpc) is 2.41. The normalized spacial score (nSPS) is 10.3. The van der Waals surface area contributed by atoms with E-state index in [0.29, 0.717) is 17.9 Å². The van der Waals surface area contributed by atoms with E-state index in [-0.39, 0.29) is 5.75 Å². The maximum atomic E-state index is 13.8. The van der Waals surface area contributed by atoms with Gasteiger partial charge in [0.25, 0.3) is 0 Å². The highest BCUT2D eigenvalue weighted by molar-refractivity contribution is 5.62. The minimum Gasteiger partial charge on any atom is -0.491 e. The third kappa shape index (κ3) is 2.81. The Hall–Kier alpha value is -2.17. The van der Waals surface area contributed by atoms with E-state index >= 15 is 0 Å². The Morgan fingerprint density at radius 2 is 2.05 bits per heavy atom. The van der Waals surface area contributed by atoms with Crippen LogP contribution in [0, 0.1) is 12.7 Å². The second-order valence-corrected chi connectivity index (χ2v) is 4.09. The van der Waals surface area contributed by atoms with Gasteiger partial charge in [-0.15, -0.1) is 10.2 Å². The van der Waals surface area contributed by atoms with Crippen molar-refractivity contribution in [2.45, 2.75) is 13.8 Å². The predicted molar refractivity (Wildman–Crippen MR) is 72.9 cm³/mol. The predicted octanol–water partition coefficient (Wildman–Crippen LogP) is 3.03. The summed E-state index contributed by atoms with van der Waals surface area (Å²) >= 11 is 0. The van der Waals surface area contributed by atoms with E-state index in [1.807, 2.05) is 19.9 Å². The lowest BCUT2D eigenvalue weighted by molar-refractivity contribution is 0.321. The summed E-state index contributed by atoms with van der Waals surface area (Å²) in [7, 11) is 1.78. The Morgan fingerprint density at radius 3 is 2.63 bits per heavy atom. The first-order valence-corrected chi connectivity index (χ1v) is 6.10. The van der Waals surface area contributed by atoms with Gasteiger partial charge in [0.05, 0.1) is 12.3 Å². The van der Waals surface area contributed by atoms with Gasteiger partial charge in [0.2, 0.25) is 0 Å². The van der Waals surface area contributed by atoms with E-state index in [2.05, 4.69) is 15.5 Å². The molecule has 1 aromatic carbocycles. The standard InChI is InChI=1S/C14H16FN3O/c1-4-19-13-6-5-10(8-11(13)15)12-7-9(2)14(16-3)18-17-12/h5-8H,4H2,1-3H3,(H,16,18). The van der Waals surface area contributed by atoms with Gasteiger partial charge in [-0.05, 0) is 43.7 Å². The van der Waals surface area contributed by atoms with Crippen LogP contribution in [0.25, 0.3) is 11.3 Å². The van der Waals surface area contributed by atoms with Gasteiger partial charge < -0.3 is 10.1 Å². The number of ether oxygens (including phenoxy) is 1. The maximum Gasteiger partial charge on any atom is 0.165 e. The Labute approximate surface area is 111 Å². The quantitative estimate of drug-likeness (QED) is 0.919. The smallest absolute Gasteiger partial charge is 0.165 e. The first-order chi connectivity index (χ1) is 9.15. The lowest BCUT2D eigenvalue weighted by Crippen LogP contribution is -1.99. The molecule has 0 aliphatic heterocycles. The molecular formula is C14H16FN3O. The van der Waals surface area contributed by atoms with Crippen LogP contribution in [0.3, 0.4) is 0 Å². The van der Waals surface area contributed by atoms with Crippen LogP contribution in [0.5, 0.6) is 5.75 Å². The fourth-order valence-corrected chi connectivity index (χ4v) is 1.81. The molecule has 2 aromatic rings. The molecule has 4 nitrogen and oxygen atoms in total. The summed E-state index contributed by atoms with van der Waals surface area (Å²) in [5, 5.41) is 11.1. The van der Waals surface area contributed by atoms with Crippen LogP contribution in [-0.2, 0) is 0 Å². The van der Waals surface area contributed by atoms with Crippen molar-refractivity contribution in [3.8, 4) is 17.0 Å². The summed E-state index contributed by atoms with van der Waals surface area (Å²) in [6.45, 7) is 4.18. The Balaban J connectivity index is 2.36. The molecule has 0 fully saturated rings. The molecule has 2 rings (SSSR count). The molecule has 0 amide bonds. The summed E-state index contributed by atoms with van der Waals surface area (Å²) < 4.78 is 18.9. The van der Waals surface area contributed by atoms with Gasteiger partial charge in [-0.1, -0.05) is 0 Å². The number of nitrogens with one attached hydrogen (secondary N) is 1. The van der Waals surface area contributed by atoms with Gasteiger partial charge in [-0.3, -0.25) is 0 Å². The van der Waals surface area contributed by atoms with E-state index in [4.69, 9.17) is 4.74 Å². The van der Waals surface area contributed by atoms with Crippen molar-refractivity contribution in [3.63, 3.8) is 0 Å². The SMILES string of the molecule is CCOc1ccc(-c2cc(C)c(NC)nn2)cc1F. The summed E-state index contributed by atoms with van der Waals surface area (Å²) in [5.41, 5.74) is 2.28. The van der Waals surface area contributed by atoms with Crippen LogP contribution in [0.1, 0.15) is 12.5 Å². The molecule has 0 atom stereocenters. The second kappa shape index (κ2) is 5.65. The number of benzene rings is 1. The number of rotatable bonds is 4. The van der Waals surface area contributed by atoms with Crippen molar-refractivity contribution >= 4 is 5.82 Å². The topological polar surface area (TPSA) is 47.0 Å². The molecule has 0 aliphatic rings. The van der Waals surface area contributed by atoms with Crippen molar-refractivity contribution in [1.29, 1.82) is 0 Å². The molecule has 0 saturated heterocycles. The Morgan fingerprint density at radius 1 is 1.26 bits per heavy atom. The minimum absolute atomic E-state index is 0.253. The van der Waals surface area contributed by atoms with Gasteiger partial charge in [-0.25, -0.2) is 4.39 Å².